The van der Waals surface area contributed by atoms with Crippen molar-refractivity contribution in [2.75, 3.05) is 25.2 Å². The predicted molar refractivity (Wildman–Crippen MR) is 50.3 cm³/mol. The van der Waals surface area contributed by atoms with Crippen LogP contribution in [0.4, 0.5) is 0 Å². The number of ether oxygens (including phenoxy) is 1. The molecule has 1 aliphatic heterocycles. The molecule has 1 heterocycles. The SMILES string of the molecule is COCC(=O)NC1CSCC1C. The Bertz CT molecular complexity index is 163. The minimum Gasteiger partial charge on any atom is -0.375 e. The van der Waals surface area contributed by atoms with Gasteiger partial charge in [-0.05, 0) is 11.7 Å². The topological polar surface area (TPSA) is 38.3 Å². The molecule has 4 heteroatoms. The molecule has 1 amide bonds. The Morgan fingerprint density at radius 3 is 2.92 bits per heavy atom. The van der Waals surface area contributed by atoms with Crippen LogP contribution in [0.2, 0.25) is 0 Å². The molecular formula is C8H15NO2S. The van der Waals surface area contributed by atoms with E-state index in [4.69, 9.17) is 4.74 Å². The van der Waals surface area contributed by atoms with Gasteiger partial charge in [0.05, 0.1) is 0 Å². The quantitative estimate of drug-likeness (QED) is 0.702. The average Bonchev–Trinajstić information content (AvgIpc) is 2.37. The molecule has 0 aromatic rings. The van der Waals surface area contributed by atoms with Crippen LogP contribution in [0.25, 0.3) is 0 Å². The lowest BCUT2D eigenvalue weighted by atomic mass is 10.1. The fourth-order valence-corrected chi connectivity index (χ4v) is 2.63. The molecular weight excluding hydrogens is 174 g/mol. The highest BCUT2D eigenvalue weighted by molar-refractivity contribution is 7.99. The third-order valence-corrected chi connectivity index (χ3v) is 3.34. The molecule has 1 rings (SSSR count). The van der Waals surface area contributed by atoms with Crippen molar-refractivity contribution in [3.8, 4) is 0 Å². The normalized spacial score (nSPS) is 28.8. The molecule has 0 bridgehead atoms. The van der Waals surface area contributed by atoms with E-state index in [0.29, 0.717) is 12.0 Å². The smallest absolute Gasteiger partial charge is 0.246 e. The van der Waals surface area contributed by atoms with Crippen molar-refractivity contribution >= 4 is 17.7 Å². The largest absolute Gasteiger partial charge is 0.375 e. The van der Waals surface area contributed by atoms with Gasteiger partial charge in [0.15, 0.2) is 0 Å². The van der Waals surface area contributed by atoms with E-state index in [1.54, 1.807) is 0 Å². The summed E-state index contributed by atoms with van der Waals surface area (Å²) < 4.78 is 4.73. The zero-order chi connectivity index (χ0) is 8.97. The highest BCUT2D eigenvalue weighted by atomic mass is 32.2. The van der Waals surface area contributed by atoms with Gasteiger partial charge in [-0.2, -0.15) is 11.8 Å². The van der Waals surface area contributed by atoms with Crippen molar-refractivity contribution in [3.63, 3.8) is 0 Å². The minimum atomic E-state index is -0.00292. The van der Waals surface area contributed by atoms with E-state index in [0.717, 1.165) is 11.5 Å². The van der Waals surface area contributed by atoms with Crippen LogP contribution >= 0.6 is 11.8 Å². The Kier molecular flexibility index (Phi) is 3.88. The lowest BCUT2D eigenvalue weighted by Gasteiger charge is -2.15. The first-order valence-corrected chi connectivity index (χ1v) is 5.25. The molecule has 0 saturated carbocycles. The first kappa shape index (κ1) is 9.86. The minimum absolute atomic E-state index is 0.00292. The van der Waals surface area contributed by atoms with Crippen molar-refractivity contribution in [1.82, 2.24) is 5.32 Å². The van der Waals surface area contributed by atoms with Gasteiger partial charge in [-0.3, -0.25) is 4.79 Å². The van der Waals surface area contributed by atoms with Gasteiger partial charge in [-0.25, -0.2) is 0 Å². The lowest BCUT2D eigenvalue weighted by Crippen LogP contribution is -2.40. The molecule has 0 aliphatic carbocycles. The number of thioether (sulfide) groups is 1. The summed E-state index contributed by atoms with van der Waals surface area (Å²) in [7, 11) is 1.53. The van der Waals surface area contributed by atoms with E-state index in [1.165, 1.54) is 7.11 Å². The highest BCUT2D eigenvalue weighted by Crippen LogP contribution is 2.23. The first-order chi connectivity index (χ1) is 5.74. The summed E-state index contributed by atoms with van der Waals surface area (Å²) in [6.45, 7) is 2.34. The number of carbonyl (C=O) groups excluding carboxylic acids is 1. The maximum absolute atomic E-state index is 11.1. The second-order valence-corrected chi connectivity index (χ2v) is 4.20. The van der Waals surface area contributed by atoms with Gasteiger partial charge in [0.2, 0.25) is 5.91 Å². The second kappa shape index (κ2) is 4.72. The fourth-order valence-electron chi connectivity index (χ4n) is 1.22. The van der Waals surface area contributed by atoms with E-state index in [1.807, 2.05) is 11.8 Å². The molecule has 1 fully saturated rings. The van der Waals surface area contributed by atoms with Crippen LogP contribution in [-0.4, -0.2) is 37.2 Å². The molecule has 70 valence electrons. The molecule has 0 radical (unpaired) electrons. The maximum atomic E-state index is 11.1. The molecule has 2 atom stereocenters. The van der Waals surface area contributed by atoms with Crippen molar-refractivity contribution in [3.05, 3.63) is 0 Å². The molecule has 0 spiro atoms. The summed E-state index contributed by atoms with van der Waals surface area (Å²) >= 11 is 1.89. The van der Waals surface area contributed by atoms with E-state index in [-0.39, 0.29) is 12.5 Å². The number of hydrogen-bond acceptors (Lipinski definition) is 3. The molecule has 0 aromatic heterocycles. The molecule has 12 heavy (non-hydrogen) atoms. The summed E-state index contributed by atoms with van der Waals surface area (Å²) in [5.74, 6) is 2.78. The molecule has 2 unspecified atom stereocenters. The number of carbonyl (C=O) groups is 1. The maximum Gasteiger partial charge on any atom is 0.246 e. The molecule has 3 nitrogen and oxygen atoms in total. The van der Waals surface area contributed by atoms with Crippen LogP contribution in [-0.2, 0) is 9.53 Å². The van der Waals surface area contributed by atoms with Gasteiger partial charge >= 0.3 is 0 Å². The Morgan fingerprint density at radius 2 is 2.42 bits per heavy atom. The first-order valence-electron chi connectivity index (χ1n) is 4.10. The van der Waals surface area contributed by atoms with Crippen LogP contribution in [0.15, 0.2) is 0 Å². The van der Waals surface area contributed by atoms with Crippen molar-refractivity contribution in [2.24, 2.45) is 5.92 Å². The predicted octanol–water partition coefficient (Wildman–Crippen LogP) is 0.501. The fraction of sp³-hybridized carbons (Fsp3) is 0.875. The Hall–Kier alpha value is -0.220. The number of nitrogens with one attached hydrogen (secondary N) is 1. The summed E-state index contributed by atoms with van der Waals surface area (Å²) in [5, 5.41) is 2.94. The van der Waals surface area contributed by atoms with Crippen molar-refractivity contribution < 1.29 is 9.53 Å². The Balaban J connectivity index is 2.25. The lowest BCUT2D eigenvalue weighted by molar-refractivity contribution is -0.125. The summed E-state index contributed by atoms with van der Waals surface area (Å²) in [5.41, 5.74) is 0. The Labute approximate surface area is 77.2 Å². The van der Waals surface area contributed by atoms with Crippen molar-refractivity contribution in [2.45, 2.75) is 13.0 Å². The van der Waals surface area contributed by atoms with Gasteiger partial charge in [0.25, 0.3) is 0 Å². The second-order valence-electron chi connectivity index (χ2n) is 3.12. The third kappa shape index (κ3) is 2.68. The summed E-state index contributed by atoms with van der Waals surface area (Å²) in [6, 6.07) is 0.345. The standard InChI is InChI=1S/C8H15NO2S/c1-6-4-12-5-7(6)9-8(10)3-11-2/h6-7H,3-5H2,1-2H3,(H,9,10). The number of methoxy groups -OCH3 is 1. The molecule has 0 aromatic carbocycles. The van der Waals surface area contributed by atoms with Crippen LogP contribution in [0, 0.1) is 5.92 Å². The molecule has 1 N–H and O–H groups in total. The van der Waals surface area contributed by atoms with E-state index in [9.17, 15) is 4.79 Å². The number of amides is 1. The van der Waals surface area contributed by atoms with Gasteiger partial charge in [-0.1, -0.05) is 6.92 Å². The van der Waals surface area contributed by atoms with Crippen LogP contribution in [0.1, 0.15) is 6.92 Å². The zero-order valence-corrected chi connectivity index (χ0v) is 8.32. The van der Waals surface area contributed by atoms with E-state index < -0.39 is 0 Å². The monoisotopic (exact) mass is 189 g/mol. The van der Waals surface area contributed by atoms with Gasteiger partial charge in [0, 0.05) is 18.9 Å². The van der Waals surface area contributed by atoms with E-state index >= 15 is 0 Å². The third-order valence-electron chi connectivity index (χ3n) is 1.99. The number of hydrogen-bond donors (Lipinski definition) is 1. The van der Waals surface area contributed by atoms with Crippen LogP contribution in [0.3, 0.4) is 0 Å². The number of rotatable bonds is 3. The zero-order valence-electron chi connectivity index (χ0n) is 7.50. The Morgan fingerprint density at radius 1 is 1.67 bits per heavy atom. The summed E-state index contributed by atoms with van der Waals surface area (Å²) in [4.78, 5) is 11.1. The summed E-state index contributed by atoms with van der Waals surface area (Å²) in [6.07, 6.45) is 0. The molecule has 1 saturated heterocycles. The van der Waals surface area contributed by atoms with Crippen molar-refractivity contribution in [1.29, 1.82) is 0 Å². The van der Waals surface area contributed by atoms with E-state index in [2.05, 4.69) is 12.2 Å². The van der Waals surface area contributed by atoms with Gasteiger partial charge in [-0.15, -0.1) is 0 Å². The van der Waals surface area contributed by atoms with Crippen LogP contribution in [0.5, 0.6) is 0 Å². The molecule has 1 aliphatic rings. The highest BCUT2D eigenvalue weighted by Gasteiger charge is 2.24. The van der Waals surface area contributed by atoms with Gasteiger partial charge in [0.1, 0.15) is 6.61 Å². The average molecular weight is 189 g/mol. The van der Waals surface area contributed by atoms with Crippen LogP contribution < -0.4 is 5.32 Å². The van der Waals surface area contributed by atoms with Gasteiger partial charge < -0.3 is 10.1 Å².